The molecule has 1 aliphatic rings. The third-order valence-electron chi connectivity index (χ3n) is 4.62. The van der Waals surface area contributed by atoms with E-state index in [2.05, 4.69) is 11.5 Å². The van der Waals surface area contributed by atoms with Crippen LogP contribution in [0.4, 0.5) is 0 Å². The van der Waals surface area contributed by atoms with Gasteiger partial charge in [0, 0.05) is 18.2 Å². The Morgan fingerprint density at radius 2 is 2.26 bits per heavy atom. The van der Waals surface area contributed by atoms with Crippen molar-refractivity contribution in [1.29, 1.82) is 0 Å². The van der Waals surface area contributed by atoms with Crippen molar-refractivity contribution < 1.29 is 19.7 Å². The van der Waals surface area contributed by atoms with Crippen LogP contribution in [0.5, 0.6) is 11.5 Å². The van der Waals surface area contributed by atoms with Gasteiger partial charge in [0.1, 0.15) is 0 Å². The van der Waals surface area contributed by atoms with Gasteiger partial charge >= 0.3 is 5.97 Å². The first-order valence-corrected chi connectivity index (χ1v) is 7.94. The molecule has 5 heteroatoms. The van der Waals surface area contributed by atoms with Crippen LogP contribution in [0.25, 0.3) is 0 Å². The zero-order valence-electron chi connectivity index (χ0n) is 13.8. The number of aliphatic carboxylic acids is 1. The molecule has 1 aliphatic heterocycles. The number of methoxy groups -OCH3 is 1. The van der Waals surface area contributed by atoms with Crippen LogP contribution in [0.2, 0.25) is 0 Å². The van der Waals surface area contributed by atoms with Gasteiger partial charge in [-0.2, -0.15) is 0 Å². The van der Waals surface area contributed by atoms with Gasteiger partial charge in [0.05, 0.1) is 13.0 Å². The Balaban J connectivity index is 2.23. The molecule has 5 nitrogen and oxygen atoms in total. The Kier molecular flexibility index (Phi) is 5.66. The van der Waals surface area contributed by atoms with Gasteiger partial charge < -0.3 is 14.9 Å². The number of phenols is 1. The third kappa shape index (κ3) is 3.85. The van der Waals surface area contributed by atoms with Crippen LogP contribution < -0.4 is 4.74 Å². The van der Waals surface area contributed by atoms with Gasteiger partial charge in [-0.15, -0.1) is 6.58 Å². The monoisotopic (exact) mass is 319 g/mol. The molecule has 1 aromatic rings. The number of ether oxygens (including phenoxy) is 1. The highest BCUT2D eigenvalue weighted by molar-refractivity contribution is 5.71. The molecule has 23 heavy (non-hydrogen) atoms. The summed E-state index contributed by atoms with van der Waals surface area (Å²) in [4.78, 5) is 13.5. The van der Waals surface area contributed by atoms with Crippen LogP contribution in [-0.4, -0.2) is 40.8 Å². The highest BCUT2D eigenvalue weighted by Gasteiger charge is 2.32. The van der Waals surface area contributed by atoms with E-state index in [1.165, 1.54) is 7.11 Å². The van der Waals surface area contributed by atoms with E-state index in [1.54, 1.807) is 6.08 Å². The minimum absolute atomic E-state index is 0.0103. The number of hydrogen-bond donors (Lipinski definition) is 2. The maximum Gasteiger partial charge on any atom is 0.308 e. The standard InChI is InChI=1S/C18H25NO4/c1-4-6-14-9-13(10-16(23-3)17(14)20)11-19-8-5-7-15(12(19)2)18(21)22/h4,9-10,12,15,20H,1,5-8,11H2,2-3H3,(H,21,22)/t12-,15-/m0/s1. The summed E-state index contributed by atoms with van der Waals surface area (Å²) in [6.45, 7) is 7.21. The van der Waals surface area contributed by atoms with Crippen LogP contribution in [0.1, 0.15) is 30.9 Å². The molecule has 0 amide bonds. The second-order valence-electron chi connectivity index (χ2n) is 6.10. The molecule has 2 atom stereocenters. The largest absolute Gasteiger partial charge is 0.504 e. The molecule has 1 fully saturated rings. The van der Waals surface area contributed by atoms with Crippen molar-refractivity contribution in [3.05, 3.63) is 35.9 Å². The van der Waals surface area contributed by atoms with Crippen LogP contribution in [0.15, 0.2) is 24.8 Å². The van der Waals surface area contributed by atoms with Crippen molar-refractivity contribution in [3.8, 4) is 11.5 Å². The zero-order valence-corrected chi connectivity index (χ0v) is 13.8. The van der Waals surface area contributed by atoms with Gasteiger partial charge in [-0.25, -0.2) is 0 Å². The number of likely N-dealkylation sites (tertiary alicyclic amines) is 1. The fourth-order valence-electron chi connectivity index (χ4n) is 3.29. The van der Waals surface area contributed by atoms with Crippen molar-refractivity contribution in [2.45, 2.75) is 38.8 Å². The molecule has 0 aromatic heterocycles. The van der Waals surface area contributed by atoms with Crippen LogP contribution >= 0.6 is 0 Å². The second kappa shape index (κ2) is 7.51. The van der Waals surface area contributed by atoms with E-state index < -0.39 is 5.97 Å². The van der Waals surface area contributed by atoms with E-state index in [9.17, 15) is 15.0 Å². The molecule has 0 unspecified atom stereocenters. The van der Waals surface area contributed by atoms with Gasteiger partial charge in [0.25, 0.3) is 0 Å². The average Bonchev–Trinajstić information content (AvgIpc) is 2.52. The number of hydrogen-bond acceptors (Lipinski definition) is 4. The minimum atomic E-state index is -0.724. The van der Waals surface area contributed by atoms with Crippen LogP contribution in [0.3, 0.4) is 0 Å². The molecule has 0 radical (unpaired) electrons. The molecule has 0 bridgehead atoms. The smallest absolute Gasteiger partial charge is 0.308 e. The first kappa shape index (κ1) is 17.3. The SMILES string of the molecule is C=CCc1cc(CN2CCC[C@H](C(=O)O)[C@@H]2C)cc(OC)c1O. The molecule has 126 valence electrons. The lowest BCUT2D eigenvalue weighted by molar-refractivity contribution is -0.145. The fraction of sp³-hybridized carbons (Fsp3) is 0.500. The number of piperidine rings is 1. The molecular weight excluding hydrogens is 294 g/mol. The zero-order chi connectivity index (χ0) is 17.0. The minimum Gasteiger partial charge on any atom is -0.504 e. The highest BCUT2D eigenvalue weighted by Crippen LogP contribution is 2.33. The van der Waals surface area contributed by atoms with E-state index in [4.69, 9.17) is 4.74 Å². The molecule has 2 N–H and O–H groups in total. The molecule has 0 aliphatic carbocycles. The topological polar surface area (TPSA) is 70.0 Å². The van der Waals surface area contributed by atoms with Crippen molar-refractivity contribution in [2.24, 2.45) is 5.92 Å². The Labute approximate surface area is 137 Å². The lowest BCUT2D eigenvalue weighted by Gasteiger charge is -2.37. The Morgan fingerprint density at radius 1 is 1.52 bits per heavy atom. The van der Waals surface area contributed by atoms with Gasteiger partial charge in [-0.1, -0.05) is 12.1 Å². The number of carboxylic acid groups (broad SMARTS) is 1. The number of benzene rings is 1. The van der Waals surface area contributed by atoms with E-state index in [-0.39, 0.29) is 17.7 Å². The summed E-state index contributed by atoms with van der Waals surface area (Å²) in [6, 6.07) is 3.75. The predicted molar refractivity (Wildman–Crippen MR) is 88.8 cm³/mol. The first-order valence-electron chi connectivity index (χ1n) is 7.94. The maximum atomic E-state index is 11.4. The number of allylic oxidation sites excluding steroid dienone is 1. The highest BCUT2D eigenvalue weighted by atomic mass is 16.5. The van der Waals surface area contributed by atoms with Crippen molar-refractivity contribution in [3.63, 3.8) is 0 Å². The van der Waals surface area contributed by atoms with Crippen LogP contribution in [-0.2, 0) is 17.8 Å². The van der Waals surface area contributed by atoms with Gasteiger partial charge in [0.15, 0.2) is 11.5 Å². The van der Waals surface area contributed by atoms with E-state index in [1.807, 2.05) is 19.1 Å². The van der Waals surface area contributed by atoms with Gasteiger partial charge in [-0.05, 0) is 44.4 Å². The number of carboxylic acids is 1. The summed E-state index contributed by atoms with van der Waals surface area (Å²) < 4.78 is 5.25. The summed E-state index contributed by atoms with van der Waals surface area (Å²) in [5.41, 5.74) is 1.78. The number of rotatable bonds is 6. The predicted octanol–water partition coefficient (Wildman–Crippen LogP) is 2.81. The van der Waals surface area contributed by atoms with E-state index in [0.717, 1.165) is 30.5 Å². The molecule has 0 spiro atoms. The quantitative estimate of drug-likeness (QED) is 0.789. The normalized spacial score (nSPS) is 21.8. The van der Waals surface area contributed by atoms with E-state index in [0.29, 0.717) is 18.7 Å². The second-order valence-corrected chi connectivity index (χ2v) is 6.10. The molecule has 0 saturated carbocycles. The first-order chi connectivity index (χ1) is 11.0. The summed E-state index contributed by atoms with van der Waals surface area (Å²) in [7, 11) is 1.53. The summed E-state index contributed by atoms with van der Waals surface area (Å²) in [5.74, 6) is -0.460. The summed E-state index contributed by atoms with van der Waals surface area (Å²) in [6.07, 6.45) is 3.91. The molecule has 1 heterocycles. The van der Waals surface area contributed by atoms with Gasteiger partial charge in [-0.3, -0.25) is 9.69 Å². The summed E-state index contributed by atoms with van der Waals surface area (Å²) in [5, 5.41) is 19.5. The average molecular weight is 319 g/mol. The van der Waals surface area contributed by atoms with Crippen LogP contribution in [0, 0.1) is 5.92 Å². The molecule has 2 rings (SSSR count). The molecule has 1 saturated heterocycles. The van der Waals surface area contributed by atoms with Crippen molar-refractivity contribution in [2.75, 3.05) is 13.7 Å². The lowest BCUT2D eigenvalue weighted by atomic mass is 9.90. The third-order valence-corrected chi connectivity index (χ3v) is 4.62. The fourth-order valence-corrected chi connectivity index (χ4v) is 3.29. The number of carbonyl (C=O) groups is 1. The molecule has 1 aromatic carbocycles. The Bertz CT molecular complexity index is 585. The lowest BCUT2D eigenvalue weighted by Crippen LogP contribution is -2.45. The number of phenolic OH excluding ortho intramolecular Hbond substituents is 1. The molecular formula is C18H25NO4. The number of aromatic hydroxyl groups is 1. The summed E-state index contributed by atoms with van der Waals surface area (Å²) >= 11 is 0. The van der Waals surface area contributed by atoms with Crippen molar-refractivity contribution >= 4 is 5.97 Å². The number of nitrogens with zero attached hydrogens (tertiary/aromatic N) is 1. The Morgan fingerprint density at radius 3 is 2.87 bits per heavy atom. The van der Waals surface area contributed by atoms with Crippen molar-refractivity contribution in [1.82, 2.24) is 4.90 Å². The van der Waals surface area contributed by atoms with E-state index >= 15 is 0 Å². The maximum absolute atomic E-state index is 11.4. The Hall–Kier alpha value is -2.01. The van der Waals surface area contributed by atoms with Gasteiger partial charge in [0.2, 0.25) is 0 Å².